The molecule has 1 saturated heterocycles. The molecule has 0 spiro atoms. The lowest BCUT2D eigenvalue weighted by Crippen LogP contribution is -2.44. The minimum atomic E-state index is -0.368. The van der Waals surface area contributed by atoms with Crippen molar-refractivity contribution in [3.63, 3.8) is 0 Å². The van der Waals surface area contributed by atoms with E-state index in [9.17, 15) is 4.79 Å². The monoisotopic (exact) mass is 289 g/mol. The lowest BCUT2D eigenvalue weighted by Gasteiger charge is -2.36. The first-order valence-electron chi connectivity index (χ1n) is 7.71. The van der Waals surface area contributed by atoms with Crippen LogP contribution in [0.3, 0.4) is 0 Å². The van der Waals surface area contributed by atoms with Crippen LogP contribution in [0.4, 0.5) is 11.4 Å². The summed E-state index contributed by atoms with van der Waals surface area (Å²) in [6.45, 7) is 6.10. The summed E-state index contributed by atoms with van der Waals surface area (Å²) < 4.78 is 0. The Kier molecular flexibility index (Phi) is 4.88. The van der Waals surface area contributed by atoms with E-state index in [-0.39, 0.29) is 11.3 Å². The molecule has 116 valence electrons. The predicted molar refractivity (Wildman–Crippen MR) is 88.8 cm³/mol. The molecule has 1 aliphatic heterocycles. The van der Waals surface area contributed by atoms with Gasteiger partial charge in [0, 0.05) is 19.5 Å². The van der Waals surface area contributed by atoms with Gasteiger partial charge in [0.25, 0.3) is 0 Å². The fraction of sp³-hybridized carbons (Fsp3) is 0.588. The van der Waals surface area contributed by atoms with E-state index in [1.807, 2.05) is 43.3 Å². The van der Waals surface area contributed by atoms with Crippen LogP contribution in [0, 0.1) is 11.3 Å². The van der Waals surface area contributed by atoms with Gasteiger partial charge in [-0.3, -0.25) is 4.79 Å². The second-order valence-electron chi connectivity index (χ2n) is 6.63. The molecule has 1 aliphatic rings. The molecule has 0 radical (unpaired) electrons. The summed E-state index contributed by atoms with van der Waals surface area (Å²) in [5, 5.41) is 6.52. The highest BCUT2D eigenvalue weighted by Gasteiger charge is 2.37. The van der Waals surface area contributed by atoms with Crippen LogP contribution in [0.5, 0.6) is 0 Å². The molecule has 0 aliphatic carbocycles. The second-order valence-corrected chi connectivity index (χ2v) is 6.63. The zero-order valence-corrected chi connectivity index (χ0v) is 13.6. The minimum Gasteiger partial charge on any atom is -0.376 e. The van der Waals surface area contributed by atoms with Crippen LogP contribution in [-0.4, -0.2) is 33.1 Å². The van der Waals surface area contributed by atoms with Crippen LogP contribution in [0.1, 0.15) is 26.7 Å². The number of hydrogen-bond acceptors (Lipinski definition) is 3. The van der Waals surface area contributed by atoms with Crippen molar-refractivity contribution in [3.05, 3.63) is 24.3 Å². The largest absolute Gasteiger partial charge is 0.376 e. The van der Waals surface area contributed by atoms with Crippen molar-refractivity contribution >= 4 is 17.3 Å². The minimum absolute atomic E-state index is 0.102. The van der Waals surface area contributed by atoms with Crippen molar-refractivity contribution in [2.45, 2.75) is 26.7 Å². The number of nitrogens with zero attached hydrogens (tertiary/aromatic N) is 1. The SMILES string of the molecule is CN(C)c1ccccc1NC(=O)C(C)(C)C1CCCNC1. The number of piperidine rings is 1. The molecule has 0 bridgehead atoms. The first kappa shape index (κ1) is 15.8. The van der Waals surface area contributed by atoms with Gasteiger partial charge in [0.05, 0.1) is 11.4 Å². The van der Waals surface area contributed by atoms with Gasteiger partial charge in [-0.15, -0.1) is 0 Å². The number of rotatable bonds is 4. The van der Waals surface area contributed by atoms with Gasteiger partial charge >= 0.3 is 0 Å². The lowest BCUT2D eigenvalue weighted by atomic mass is 9.74. The third-order valence-corrected chi connectivity index (χ3v) is 4.54. The molecule has 1 unspecified atom stereocenters. The van der Waals surface area contributed by atoms with E-state index in [1.165, 1.54) is 0 Å². The summed E-state index contributed by atoms with van der Waals surface area (Å²) in [6, 6.07) is 7.92. The van der Waals surface area contributed by atoms with Crippen molar-refractivity contribution in [3.8, 4) is 0 Å². The van der Waals surface area contributed by atoms with Crippen LogP contribution < -0.4 is 15.5 Å². The van der Waals surface area contributed by atoms with Crippen LogP contribution >= 0.6 is 0 Å². The van der Waals surface area contributed by atoms with E-state index in [2.05, 4.69) is 24.5 Å². The van der Waals surface area contributed by atoms with Gasteiger partial charge in [-0.05, 0) is 44.0 Å². The van der Waals surface area contributed by atoms with Gasteiger partial charge in [-0.25, -0.2) is 0 Å². The number of benzene rings is 1. The normalized spacial score (nSPS) is 19.1. The average Bonchev–Trinajstić information content (AvgIpc) is 2.48. The third-order valence-electron chi connectivity index (χ3n) is 4.54. The van der Waals surface area contributed by atoms with Crippen molar-refractivity contribution in [2.24, 2.45) is 11.3 Å². The molecule has 21 heavy (non-hydrogen) atoms. The number of hydrogen-bond donors (Lipinski definition) is 2. The zero-order chi connectivity index (χ0) is 15.5. The number of anilines is 2. The van der Waals surface area contributed by atoms with E-state index >= 15 is 0 Å². The van der Waals surface area contributed by atoms with E-state index in [4.69, 9.17) is 0 Å². The van der Waals surface area contributed by atoms with Crippen molar-refractivity contribution < 1.29 is 4.79 Å². The van der Waals surface area contributed by atoms with Crippen molar-refractivity contribution in [2.75, 3.05) is 37.4 Å². The fourth-order valence-corrected chi connectivity index (χ4v) is 2.91. The molecular weight excluding hydrogens is 262 g/mol. The van der Waals surface area contributed by atoms with Crippen LogP contribution in [0.2, 0.25) is 0 Å². The Balaban J connectivity index is 2.13. The Morgan fingerprint density at radius 2 is 2.05 bits per heavy atom. The Morgan fingerprint density at radius 1 is 1.33 bits per heavy atom. The number of carbonyl (C=O) groups excluding carboxylic acids is 1. The van der Waals surface area contributed by atoms with Crippen LogP contribution in [-0.2, 0) is 4.79 Å². The Bertz CT molecular complexity index is 491. The van der Waals surface area contributed by atoms with Crippen molar-refractivity contribution in [1.82, 2.24) is 5.32 Å². The summed E-state index contributed by atoms with van der Waals surface area (Å²) in [6.07, 6.45) is 2.26. The molecule has 2 rings (SSSR count). The highest BCUT2D eigenvalue weighted by Crippen LogP contribution is 2.34. The summed E-state index contributed by atoms with van der Waals surface area (Å²) in [5.74, 6) is 0.489. The maximum Gasteiger partial charge on any atom is 0.230 e. The standard InChI is InChI=1S/C17H27N3O/c1-17(2,13-8-7-11-18-12-13)16(21)19-14-9-5-6-10-15(14)20(3)4/h5-6,9-10,13,18H,7-8,11-12H2,1-4H3,(H,19,21). The summed E-state index contributed by atoms with van der Waals surface area (Å²) >= 11 is 0. The molecule has 0 aromatic heterocycles. The van der Waals surface area contributed by atoms with E-state index in [0.717, 1.165) is 37.3 Å². The molecule has 1 fully saturated rings. The van der Waals surface area contributed by atoms with Crippen molar-refractivity contribution in [1.29, 1.82) is 0 Å². The van der Waals surface area contributed by atoms with E-state index < -0.39 is 0 Å². The molecule has 1 aromatic carbocycles. The quantitative estimate of drug-likeness (QED) is 0.896. The Hall–Kier alpha value is -1.55. The number of carbonyl (C=O) groups is 1. The van der Waals surface area contributed by atoms with Gasteiger partial charge in [0.15, 0.2) is 0 Å². The molecule has 2 N–H and O–H groups in total. The molecule has 0 saturated carbocycles. The summed E-state index contributed by atoms with van der Waals surface area (Å²) in [5.41, 5.74) is 1.54. The van der Waals surface area contributed by atoms with Crippen LogP contribution in [0.25, 0.3) is 0 Å². The lowest BCUT2D eigenvalue weighted by molar-refractivity contribution is -0.127. The smallest absolute Gasteiger partial charge is 0.230 e. The fourth-order valence-electron chi connectivity index (χ4n) is 2.91. The molecule has 1 aromatic rings. The van der Waals surface area contributed by atoms with Gasteiger partial charge < -0.3 is 15.5 Å². The highest BCUT2D eigenvalue weighted by molar-refractivity contribution is 5.97. The highest BCUT2D eigenvalue weighted by atomic mass is 16.2. The number of amides is 1. The van der Waals surface area contributed by atoms with E-state index in [1.54, 1.807) is 0 Å². The van der Waals surface area contributed by atoms with Gasteiger partial charge in [0.1, 0.15) is 0 Å². The molecule has 1 heterocycles. The predicted octanol–water partition coefficient (Wildman–Crippen LogP) is 2.72. The van der Waals surface area contributed by atoms with Crippen LogP contribution in [0.15, 0.2) is 24.3 Å². The molecular formula is C17H27N3O. The molecule has 1 amide bonds. The average molecular weight is 289 g/mol. The van der Waals surface area contributed by atoms with Gasteiger partial charge in [-0.1, -0.05) is 26.0 Å². The maximum absolute atomic E-state index is 12.8. The maximum atomic E-state index is 12.8. The Labute approximate surface area is 127 Å². The second kappa shape index (κ2) is 6.48. The first-order chi connectivity index (χ1) is 9.93. The summed E-state index contributed by atoms with van der Waals surface area (Å²) in [7, 11) is 3.97. The van der Waals surface area contributed by atoms with E-state index in [0.29, 0.717) is 5.92 Å². The Morgan fingerprint density at radius 3 is 2.67 bits per heavy atom. The zero-order valence-electron chi connectivity index (χ0n) is 13.6. The third kappa shape index (κ3) is 3.56. The van der Waals surface area contributed by atoms with Gasteiger partial charge in [0.2, 0.25) is 5.91 Å². The number of para-hydroxylation sites is 2. The van der Waals surface area contributed by atoms with Gasteiger partial charge in [-0.2, -0.15) is 0 Å². The summed E-state index contributed by atoms with van der Waals surface area (Å²) in [4.78, 5) is 14.8. The number of nitrogens with one attached hydrogen (secondary N) is 2. The molecule has 1 atom stereocenters. The molecule has 4 nitrogen and oxygen atoms in total. The molecule has 4 heteroatoms. The first-order valence-corrected chi connectivity index (χ1v) is 7.71. The topological polar surface area (TPSA) is 44.4 Å².